The van der Waals surface area contributed by atoms with E-state index < -0.39 is 5.91 Å². The Hall–Kier alpha value is -3.02. The Kier molecular flexibility index (Phi) is 5.41. The summed E-state index contributed by atoms with van der Waals surface area (Å²) >= 11 is 0. The van der Waals surface area contributed by atoms with Gasteiger partial charge in [0.25, 0.3) is 11.8 Å². The number of aryl methyl sites for hydroxylation is 1. The Morgan fingerprint density at radius 3 is 2.58 bits per heavy atom. The van der Waals surface area contributed by atoms with E-state index in [-0.39, 0.29) is 12.5 Å². The molecule has 1 aliphatic rings. The standard InChI is InChI=1S/C20H23N3O3/c1-14-12-15(23-10-4-5-11-23)8-9-17(14)22-20(25)16-6-2-3-7-18(16)26-13-19(21)24/h2-3,6-9,12H,4-5,10-11,13H2,1H3,(H2,21,24)(H,22,25). The van der Waals surface area contributed by atoms with Gasteiger partial charge in [0.1, 0.15) is 5.75 Å². The molecule has 0 atom stereocenters. The molecular formula is C20H23N3O3. The van der Waals surface area contributed by atoms with E-state index >= 15 is 0 Å². The van der Waals surface area contributed by atoms with Crippen molar-refractivity contribution in [2.75, 3.05) is 29.9 Å². The number of hydrogen-bond donors (Lipinski definition) is 2. The molecular weight excluding hydrogens is 330 g/mol. The minimum atomic E-state index is -0.589. The van der Waals surface area contributed by atoms with Crippen LogP contribution >= 0.6 is 0 Å². The summed E-state index contributed by atoms with van der Waals surface area (Å²) in [5.41, 5.74) is 8.40. The van der Waals surface area contributed by atoms with Crippen LogP contribution in [0.5, 0.6) is 5.75 Å². The first kappa shape index (κ1) is 17.8. The Morgan fingerprint density at radius 2 is 1.88 bits per heavy atom. The normalized spacial score (nSPS) is 13.5. The first-order valence-corrected chi connectivity index (χ1v) is 8.71. The number of nitrogens with one attached hydrogen (secondary N) is 1. The van der Waals surface area contributed by atoms with E-state index in [2.05, 4.69) is 16.3 Å². The summed E-state index contributed by atoms with van der Waals surface area (Å²) in [7, 11) is 0. The maximum atomic E-state index is 12.7. The molecule has 136 valence electrons. The van der Waals surface area contributed by atoms with Gasteiger partial charge < -0.3 is 20.7 Å². The lowest BCUT2D eigenvalue weighted by Gasteiger charge is -2.19. The molecule has 2 aromatic rings. The lowest BCUT2D eigenvalue weighted by atomic mass is 10.1. The molecule has 2 aromatic carbocycles. The Morgan fingerprint density at radius 1 is 1.15 bits per heavy atom. The Balaban J connectivity index is 1.75. The van der Waals surface area contributed by atoms with Crippen LogP contribution in [0, 0.1) is 6.92 Å². The number of amides is 2. The number of carbonyl (C=O) groups excluding carboxylic acids is 2. The minimum absolute atomic E-state index is 0.270. The largest absolute Gasteiger partial charge is 0.483 e. The third-order valence-corrected chi connectivity index (χ3v) is 4.43. The number of benzene rings is 2. The van der Waals surface area contributed by atoms with Crippen LogP contribution in [-0.2, 0) is 4.79 Å². The van der Waals surface area contributed by atoms with Crippen molar-refractivity contribution in [3.05, 3.63) is 53.6 Å². The minimum Gasteiger partial charge on any atom is -0.483 e. The third kappa shape index (κ3) is 4.14. The maximum Gasteiger partial charge on any atom is 0.259 e. The quantitative estimate of drug-likeness (QED) is 0.836. The van der Waals surface area contributed by atoms with E-state index in [1.807, 2.05) is 19.1 Å². The number of ether oxygens (including phenoxy) is 1. The zero-order chi connectivity index (χ0) is 18.5. The highest BCUT2D eigenvalue weighted by molar-refractivity contribution is 6.06. The number of primary amides is 1. The molecule has 3 rings (SSSR count). The number of anilines is 2. The molecule has 0 aliphatic carbocycles. The average Bonchev–Trinajstić information content (AvgIpc) is 3.16. The molecule has 1 fully saturated rings. The second-order valence-corrected chi connectivity index (χ2v) is 6.40. The Labute approximate surface area is 152 Å². The number of nitrogens with two attached hydrogens (primary N) is 1. The van der Waals surface area contributed by atoms with Gasteiger partial charge in [-0.1, -0.05) is 12.1 Å². The number of carbonyl (C=O) groups is 2. The van der Waals surface area contributed by atoms with Gasteiger partial charge in [-0.3, -0.25) is 9.59 Å². The highest BCUT2D eigenvalue weighted by atomic mass is 16.5. The third-order valence-electron chi connectivity index (χ3n) is 4.43. The highest BCUT2D eigenvalue weighted by Crippen LogP contribution is 2.26. The van der Waals surface area contributed by atoms with E-state index in [4.69, 9.17) is 10.5 Å². The fourth-order valence-electron chi connectivity index (χ4n) is 3.08. The molecule has 0 unspecified atom stereocenters. The maximum absolute atomic E-state index is 12.7. The summed E-state index contributed by atoms with van der Waals surface area (Å²) in [6.07, 6.45) is 2.44. The Bertz CT molecular complexity index is 814. The van der Waals surface area contributed by atoms with Gasteiger partial charge in [0.05, 0.1) is 5.56 Å². The molecule has 1 saturated heterocycles. The molecule has 1 heterocycles. The van der Waals surface area contributed by atoms with Gasteiger partial charge in [-0.05, 0) is 55.7 Å². The first-order chi connectivity index (χ1) is 12.5. The van der Waals surface area contributed by atoms with Crippen molar-refractivity contribution in [1.29, 1.82) is 0 Å². The second-order valence-electron chi connectivity index (χ2n) is 6.40. The summed E-state index contributed by atoms with van der Waals surface area (Å²) < 4.78 is 5.33. The van der Waals surface area contributed by atoms with E-state index in [0.717, 1.165) is 24.3 Å². The van der Waals surface area contributed by atoms with Crippen molar-refractivity contribution >= 4 is 23.2 Å². The van der Waals surface area contributed by atoms with Gasteiger partial charge in [0.2, 0.25) is 0 Å². The molecule has 6 nitrogen and oxygen atoms in total. The number of para-hydroxylation sites is 1. The van der Waals surface area contributed by atoms with Crippen LogP contribution < -0.4 is 20.7 Å². The van der Waals surface area contributed by atoms with Crippen LogP contribution in [-0.4, -0.2) is 31.5 Å². The van der Waals surface area contributed by atoms with Crippen LogP contribution in [0.25, 0.3) is 0 Å². The molecule has 3 N–H and O–H groups in total. The molecule has 2 amide bonds. The summed E-state index contributed by atoms with van der Waals surface area (Å²) in [6, 6.07) is 12.8. The molecule has 0 saturated carbocycles. The van der Waals surface area contributed by atoms with E-state index in [1.54, 1.807) is 24.3 Å². The zero-order valence-corrected chi connectivity index (χ0v) is 14.8. The van der Waals surface area contributed by atoms with Gasteiger partial charge in [0.15, 0.2) is 6.61 Å². The number of rotatable bonds is 6. The topological polar surface area (TPSA) is 84.7 Å². The van der Waals surface area contributed by atoms with Crippen LogP contribution in [0.1, 0.15) is 28.8 Å². The SMILES string of the molecule is Cc1cc(N2CCCC2)ccc1NC(=O)c1ccccc1OCC(N)=O. The van der Waals surface area contributed by atoms with Gasteiger partial charge >= 0.3 is 0 Å². The van der Waals surface area contributed by atoms with Crippen molar-refractivity contribution in [3.8, 4) is 5.75 Å². The van der Waals surface area contributed by atoms with E-state index in [1.165, 1.54) is 18.5 Å². The van der Waals surface area contributed by atoms with Crippen molar-refractivity contribution in [2.24, 2.45) is 5.73 Å². The summed E-state index contributed by atoms with van der Waals surface area (Å²) in [6.45, 7) is 3.87. The predicted molar refractivity (Wildman–Crippen MR) is 102 cm³/mol. The van der Waals surface area contributed by atoms with Crippen molar-refractivity contribution in [2.45, 2.75) is 19.8 Å². The zero-order valence-electron chi connectivity index (χ0n) is 14.8. The van der Waals surface area contributed by atoms with Crippen LogP contribution in [0.4, 0.5) is 11.4 Å². The van der Waals surface area contributed by atoms with Gasteiger partial charge in [-0.15, -0.1) is 0 Å². The van der Waals surface area contributed by atoms with E-state index in [9.17, 15) is 9.59 Å². The van der Waals surface area contributed by atoms with Crippen molar-refractivity contribution in [1.82, 2.24) is 0 Å². The molecule has 0 spiro atoms. The molecule has 6 heteroatoms. The molecule has 0 bridgehead atoms. The van der Waals surface area contributed by atoms with Crippen molar-refractivity contribution in [3.63, 3.8) is 0 Å². The average molecular weight is 353 g/mol. The summed E-state index contributed by atoms with van der Waals surface area (Å²) in [5.74, 6) is -0.550. The molecule has 0 radical (unpaired) electrons. The second kappa shape index (κ2) is 7.91. The fraction of sp³-hybridized carbons (Fsp3) is 0.300. The monoisotopic (exact) mass is 353 g/mol. The molecule has 26 heavy (non-hydrogen) atoms. The summed E-state index contributed by atoms with van der Waals surface area (Å²) in [4.78, 5) is 25.9. The smallest absolute Gasteiger partial charge is 0.259 e. The number of nitrogens with zero attached hydrogens (tertiary/aromatic N) is 1. The fourth-order valence-corrected chi connectivity index (χ4v) is 3.08. The summed E-state index contributed by atoms with van der Waals surface area (Å²) in [5, 5.41) is 2.92. The lowest BCUT2D eigenvalue weighted by molar-refractivity contribution is -0.119. The van der Waals surface area contributed by atoms with Gasteiger partial charge in [-0.25, -0.2) is 0 Å². The van der Waals surface area contributed by atoms with Gasteiger partial charge in [0, 0.05) is 24.5 Å². The van der Waals surface area contributed by atoms with Crippen molar-refractivity contribution < 1.29 is 14.3 Å². The van der Waals surface area contributed by atoms with Crippen LogP contribution in [0.3, 0.4) is 0 Å². The van der Waals surface area contributed by atoms with E-state index in [0.29, 0.717) is 11.3 Å². The molecule has 1 aliphatic heterocycles. The lowest BCUT2D eigenvalue weighted by Crippen LogP contribution is -2.22. The molecule has 0 aromatic heterocycles. The first-order valence-electron chi connectivity index (χ1n) is 8.71. The highest BCUT2D eigenvalue weighted by Gasteiger charge is 2.16. The van der Waals surface area contributed by atoms with Crippen LogP contribution in [0.15, 0.2) is 42.5 Å². The predicted octanol–water partition coefficient (Wildman–Crippen LogP) is 2.71. The van der Waals surface area contributed by atoms with Crippen LogP contribution in [0.2, 0.25) is 0 Å². The van der Waals surface area contributed by atoms with Gasteiger partial charge in [-0.2, -0.15) is 0 Å². The number of hydrogen-bond acceptors (Lipinski definition) is 4.